The van der Waals surface area contributed by atoms with Crippen molar-refractivity contribution < 1.29 is 18.3 Å². The van der Waals surface area contributed by atoms with Crippen LogP contribution in [-0.2, 0) is 14.6 Å². The summed E-state index contributed by atoms with van der Waals surface area (Å²) in [7, 11) is -3.02. The lowest BCUT2D eigenvalue weighted by molar-refractivity contribution is -0.138. The summed E-state index contributed by atoms with van der Waals surface area (Å²) in [6.07, 6.45) is 0.458. The van der Waals surface area contributed by atoms with Crippen molar-refractivity contribution in [2.24, 2.45) is 0 Å². The fourth-order valence-corrected chi connectivity index (χ4v) is 3.69. The Labute approximate surface area is 99.6 Å². The van der Waals surface area contributed by atoms with Gasteiger partial charge < -0.3 is 5.11 Å². The van der Waals surface area contributed by atoms with Crippen LogP contribution in [0.2, 0.25) is 0 Å². The molecule has 1 unspecified atom stereocenters. The van der Waals surface area contributed by atoms with Gasteiger partial charge in [0.05, 0.1) is 18.1 Å². The van der Waals surface area contributed by atoms with Gasteiger partial charge in [-0.15, -0.1) is 0 Å². The van der Waals surface area contributed by atoms with Gasteiger partial charge in [0, 0.05) is 17.6 Å². The second-order valence-corrected chi connectivity index (χ2v) is 6.64. The van der Waals surface area contributed by atoms with Gasteiger partial charge in [-0.05, 0) is 6.42 Å². The highest BCUT2D eigenvalue weighted by Gasteiger charge is 2.33. The molecule has 1 fully saturated rings. The summed E-state index contributed by atoms with van der Waals surface area (Å²) in [4.78, 5) is 12.2. The van der Waals surface area contributed by atoms with Crippen LogP contribution >= 0.6 is 11.6 Å². The van der Waals surface area contributed by atoms with Crippen LogP contribution < -0.4 is 0 Å². The number of aliphatic carboxylic acids is 1. The van der Waals surface area contributed by atoms with Gasteiger partial charge in [-0.1, -0.05) is 18.2 Å². The quantitative estimate of drug-likeness (QED) is 0.776. The molecule has 16 heavy (non-hydrogen) atoms. The van der Waals surface area contributed by atoms with Crippen molar-refractivity contribution in [3.8, 4) is 0 Å². The molecule has 1 saturated heterocycles. The number of carbonyl (C=O) groups is 1. The third-order valence-electron chi connectivity index (χ3n) is 2.44. The molecule has 1 N–H and O–H groups in total. The molecule has 0 bridgehead atoms. The van der Waals surface area contributed by atoms with Gasteiger partial charge in [-0.2, -0.15) is 0 Å². The molecule has 0 aromatic rings. The normalized spacial score (nSPS) is 23.5. The molecule has 0 aliphatic carbocycles. The molecule has 92 valence electrons. The lowest BCUT2D eigenvalue weighted by Crippen LogP contribution is -2.40. The van der Waals surface area contributed by atoms with E-state index in [0.717, 1.165) is 0 Å². The molecular weight excluding hydrogens is 254 g/mol. The van der Waals surface area contributed by atoms with Crippen LogP contribution in [0.5, 0.6) is 0 Å². The number of carboxylic acid groups (broad SMARTS) is 1. The number of hydrogen-bond donors (Lipinski definition) is 1. The van der Waals surface area contributed by atoms with Crippen LogP contribution in [0.4, 0.5) is 0 Å². The zero-order chi connectivity index (χ0) is 12.3. The van der Waals surface area contributed by atoms with E-state index in [1.54, 1.807) is 4.90 Å². The van der Waals surface area contributed by atoms with E-state index in [1.807, 2.05) is 0 Å². The molecule has 0 aromatic carbocycles. The molecule has 0 radical (unpaired) electrons. The number of halogens is 1. The van der Waals surface area contributed by atoms with Gasteiger partial charge in [-0.25, -0.2) is 8.42 Å². The highest BCUT2D eigenvalue weighted by molar-refractivity contribution is 7.91. The number of hydrogen-bond acceptors (Lipinski definition) is 4. The maximum Gasteiger partial charge on any atom is 0.317 e. The van der Waals surface area contributed by atoms with Crippen LogP contribution in [0.3, 0.4) is 0 Å². The third-order valence-corrected chi connectivity index (χ3v) is 4.31. The van der Waals surface area contributed by atoms with E-state index in [9.17, 15) is 13.2 Å². The first-order chi connectivity index (χ1) is 7.30. The summed E-state index contributed by atoms with van der Waals surface area (Å²) in [6, 6.07) is -0.267. The molecule has 0 amide bonds. The first-order valence-corrected chi connectivity index (χ1v) is 6.99. The smallest absolute Gasteiger partial charge is 0.317 e. The second kappa shape index (κ2) is 5.16. The Morgan fingerprint density at radius 3 is 2.50 bits per heavy atom. The van der Waals surface area contributed by atoms with Gasteiger partial charge in [0.2, 0.25) is 0 Å². The Balaban J connectivity index is 2.69. The highest BCUT2D eigenvalue weighted by atomic mass is 35.5. The molecular formula is C9H14ClNO4S. The molecule has 1 rings (SSSR count). The summed E-state index contributed by atoms with van der Waals surface area (Å²) < 4.78 is 22.6. The highest BCUT2D eigenvalue weighted by Crippen LogP contribution is 2.19. The Morgan fingerprint density at radius 2 is 2.12 bits per heavy atom. The SMILES string of the molecule is C=C(Cl)CN(CC(=O)O)C1CCS(=O)(=O)C1. The van der Waals surface area contributed by atoms with Crippen molar-refractivity contribution >= 4 is 27.4 Å². The predicted molar refractivity (Wildman–Crippen MR) is 61.3 cm³/mol. The minimum absolute atomic E-state index is 0.00441. The zero-order valence-corrected chi connectivity index (χ0v) is 10.3. The molecule has 1 heterocycles. The van der Waals surface area contributed by atoms with E-state index >= 15 is 0 Å². The van der Waals surface area contributed by atoms with Crippen molar-refractivity contribution in [1.29, 1.82) is 0 Å². The van der Waals surface area contributed by atoms with Crippen molar-refractivity contribution in [2.45, 2.75) is 12.5 Å². The van der Waals surface area contributed by atoms with E-state index in [2.05, 4.69) is 6.58 Å². The molecule has 1 atom stereocenters. The van der Waals surface area contributed by atoms with Gasteiger partial charge in [-0.3, -0.25) is 9.69 Å². The fourth-order valence-electron chi connectivity index (χ4n) is 1.77. The summed E-state index contributed by atoms with van der Waals surface area (Å²) in [5.41, 5.74) is 0. The minimum Gasteiger partial charge on any atom is -0.480 e. The Kier molecular flexibility index (Phi) is 4.35. The summed E-state index contributed by atoms with van der Waals surface area (Å²) in [6.45, 7) is 3.48. The van der Waals surface area contributed by atoms with Gasteiger partial charge in [0.15, 0.2) is 9.84 Å². The first-order valence-electron chi connectivity index (χ1n) is 4.80. The molecule has 7 heteroatoms. The molecule has 0 saturated carbocycles. The number of sulfone groups is 1. The Morgan fingerprint density at radius 1 is 1.50 bits per heavy atom. The van der Waals surface area contributed by atoms with E-state index in [1.165, 1.54) is 0 Å². The second-order valence-electron chi connectivity index (χ2n) is 3.87. The van der Waals surface area contributed by atoms with Gasteiger partial charge >= 0.3 is 5.97 Å². The van der Waals surface area contributed by atoms with Crippen LogP contribution in [-0.4, -0.2) is 55.0 Å². The average molecular weight is 268 g/mol. The molecule has 1 aliphatic rings. The lowest BCUT2D eigenvalue weighted by atomic mass is 10.2. The van der Waals surface area contributed by atoms with Crippen molar-refractivity contribution in [3.05, 3.63) is 11.6 Å². The molecule has 0 aromatic heterocycles. The summed E-state index contributed by atoms with van der Waals surface area (Å²) in [5.74, 6) is -0.880. The standard InChI is InChI=1S/C9H14ClNO4S/c1-7(10)4-11(5-9(12)13)8-2-3-16(14,15)6-8/h8H,1-6H2,(H,12,13). The zero-order valence-electron chi connectivity index (χ0n) is 8.73. The predicted octanol–water partition coefficient (Wildman–Crippen LogP) is 0.313. The van der Waals surface area contributed by atoms with Crippen LogP contribution in [0.25, 0.3) is 0 Å². The summed E-state index contributed by atoms with van der Waals surface area (Å²) in [5, 5.41) is 9.03. The number of carboxylic acids is 1. The fraction of sp³-hybridized carbons (Fsp3) is 0.667. The topological polar surface area (TPSA) is 74.7 Å². The molecule has 5 nitrogen and oxygen atoms in total. The van der Waals surface area contributed by atoms with Crippen molar-refractivity contribution in [3.63, 3.8) is 0 Å². The number of nitrogens with zero attached hydrogens (tertiary/aromatic N) is 1. The molecule has 0 spiro atoms. The van der Waals surface area contributed by atoms with E-state index < -0.39 is 15.8 Å². The van der Waals surface area contributed by atoms with Gasteiger partial charge in [0.25, 0.3) is 0 Å². The lowest BCUT2D eigenvalue weighted by Gasteiger charge is -2.25. The van der Waals surface area contributed by atoms with Gasteiger partial charge in [0.1, 0.15) is 0 Å². The monoisotopic (exact) mass is 267 g/mol. The summed E-state index contributed by atoms with van der Waals surface area (Å²) >= 11 is 5.63. The Hall–Kier alpha value is -0.590. The Bertz CT molecular complexity index is 376. The van der Waals surface area contributed by atoms with Crippen molar-refractivity contribution in [2.75, 3.05) is 24.6 Å². The minimum atomic E-state index is -3.02. The van der Waals surface area contributed by atoms with Crippen LogP contribution in [0.15, 0.2) is 11.6 Å². The average Bonchev–Trinajstić information content (AvgIpc) is 2.43. The molecule has 1 aliphatic heterocycles. The van der Waals surface area contributed by atoms with E-state index in [-0.39, 0.29) is 30.6 Å². The maximum atomic E-state index is 11.3. The third kappa shape index (κ3) is 4.11. The van der Waals surface area contributed by atoms with Crippen LogP contribution in [0, 0.1) is 0 Å². The largest absolute Gasteiger partial charge is 0.480 e. The first kappa shape index (κ1) is 13.5. The van der Waals surface area contributed by atoms with E-state index in [0.29, 0.717) is 11.5 Å². The van der Waals surface area contributed by atoms with Crippen LogP contribution in [0.1, 0.15) is 6.42 Å². The van der Waals surface area contributed by atoms with Crippen molar-refractivity contribution in [1.82, 2.24) is 4.90 Å². The van der Waals surface area contributed by atoms with E-state index in [4.69, 9.17) is 16.7 Å². The number of rotatable bonds is 5. The maximum absolute atomic E-state index is 11.3.